The lowest BCUT2D eigenvalue weighted by Crippen LogP contribution is -2.30. The van der Waals surface area contributed by atoms with Crippen molar-refractivity contribution in [3.8, 4) is 0 Å². The van der Waals surface area contributed by atoms with Crippen molar-refractivity contribution in [2.45, 2.75) is 40.5 Å². The first-order valence-corrected chi connectivity index (χ1v) is 6.86. The highest BCUT2D eigenvalue weighted by molar-refractivity contribution is 5.81. The van der Waals surface area contributed by atoms with E-state index in [1.807, 2.05) is 7.05 Å². The lowest BCUT2D eigenvalue weighted by molar-refractivity contribution is 0.112. The third-order valence-corrected chi connectivity index (χ3v) is 2.59. The molecule has 0 aliphatic rings. The summed E-state index contributed by atoms with van der Waals surface area (Å²) in [4.78, 5) is 7.51. The second-order valence-electron chi connectivity index (χ2n) is 5.54. The number of amidine groups is 1. The molecule has 0 saturated carbocycles. The Morgan fingerprint density at radius 3 is 2.33 bits per heavy atom. The van der Waals surface area contributed by atoms with Gasteiger partial charge in [-0.25, -0.2) is 0 Å². The SMILES string of the molecule is COCCN(C)/C(CCC(C)C)=N/OCC(C)C. The van der Waals surface area contributed by atoms with Gasteiger partial charge in [-0.1, -0.05) is 32.9 Å². The van der Waals surface area contributed by atoms with Gasteiger partial charge in [-0.2, -0.15) is 0 Å². The normalized spacial score (nSPS) is 12.3. The number of oxime groups is 1. The van der Waals surface area contributed by atoms with Gasteiger partial charge in [0.05, 0.1) is 6.61 Å². The van der Waals surface area contributed by atoms with Gasteiger partial charge < -0.3 is 14.5 Å². The van der Waals surface area contributed by atoms with E-state index in [4.69, 9.17) is 9.57 Å². The van der Waals surface area contributed by atoms with Crippen molar-refractivity contribution in [1.29, 1.82) is 0 Å². The van der Waals surface area contributed by atoms with E-state index in [1.165, 1.54) is 0 Å². The number of hydrogen-bond donors (Lipinski definition) is 0. The van der Waals surface area contributed by atoms with E-state index in [0.717, 1.165) is 25.2 Å². The van der Waals surface area contributed by atoms with Gasteiger partial charge >= 0.3 is 0 Å². The average Bonchev–Trinajstić information content (AvgIpc) is 2.29. The fraction of sp³-hybridized carbons (Fsp3) is 0.929. The highest BCUT2D eigenvalue weighted by Crippen LogP contribution is 2.07. The van der Waals surface area contributed by atoms with Crippen molar-refractivity contribution < 1.29 is 9.57 Å². The molecule has 0 rings (SSSR count). The van der Waals surface area contributed by atoms with Gasteiger partial charge in [0, 0.05) is 27.1 Å². The van der Waals surface area contributed by atoms with Crippen LogP contribution in [0.3, 0.4) is 0 Å². The molecule has 0 spiro atoms. The van der Waals surface area contributed by atoms with E-state index in [-0.39, 0.29) is 0 Å². The molecule has 0 aromatic rings. The van der Waals surface area contributed by atoms with Crippen LogP contribution in [0.25, 0.3) is 0 Å². The molecule has 0 aromatic carbocycles. The molecule has 18 heavy (non-hydrogen) atoms. The Morgan fingerprint density at radius 1 is 1.17 bits per heavy atom. The van der Waals surface area contributed by atoms with Crippen molar-refractivity contribution in [1.82, 2.24) is 4.90 Å². The third-order valence-electron chi connectivity index (χ3n) is 2.59. The summed E-state index contributed by atoms with van der Waals surface area (Å²) in [6.45, 7) is 10.9. The second-order valence-corrected chi connectivity index (χ2v) is 5.54. The molecule has 0 atom stereocenters. The minimum Gasteiger partial charge on any atom is -0.394 e. The zero-order chi connectivity index (χ0) is 14.0. The fourth-order valence-corrected chi connectivity index (χ4v) is 1.34. The van der Waals surface area contributed by atoms with E-state index < -0.39 is 0 Å². The van der Waals surface area contributed by atoms with Crippen LogP contribution in [0.5, 0.6) is 0 Å². The van der Waals surface area contributed by atoms with Crippen LogP contribution >= 0.6 is 0 Å². The maximum atomic E-state index is 5.40. The van der Waals surface area contributed by atoms with E-state index in [2.05, 4.69) is 37.8 Å². The van der Waals surface area contributed by atoms with Crippen LogP contribution in [0.4, 0.5) is 0 Å². The molecule has 0 amide bonds. The molecule has 0 aromatic heterocycles. The fourth-order valence-electron chi connectivity index (χ4n) is 1.34. The standard InChI is InChI=1S/C14H30N2O2/c1-12(2)7-8-14(15-18-11-13(3)4)16(5)9-10-17-6/h12-13H,7-11H2,1-6H3/b15-14+. The van der Waals surface area contributed by atoms with E-state index in [1.54, 1.807) is 7.11 Å². The Kier molecular flexibility index (Phi) is 9.74. The number of rotatable bonds is 9. The maximum Gasteiger partial charge on any atom is 0.144 e. The first-order valence-electron chi connectivity index (χ1n) is 6.86. The predicted molar refractivity (Wildman–Crippen MR) is 76.8 cm³/mol. The average molecular weight is 258 g/mol. The second kappa shape index (κ2) is 10.2. The molecule has 0 aliphatic heterocycles. The third kappa shape index (κ3) is 9.28. The summed E-state index contributed by atoms with van der Waals surface area (Å²) in [7, 11) is 3.75. The van der Waals surface area contributed by atoms with Gasteiger partial charge in [0.25, 0.3) is 0 Å². The topological polar surface area (TPSA) is 34.1 Å². The summed E-state index contributed by atoms with van der Waals surface area (Å²) in [5, 5.41) is 4.28. The molecule has 0 N–H and O–H groups in total. The number of nitrogens with zero attached hydrogens (tertiary/aromatic N) is 2. The number of hydrogen-bond acceptors (Lipinski definition) is 3. The highest BCUT2D eigenvalue weighted by atomic mass is 16.6. The maximum absolute atomic E-state index is 5.40. The molecular formula is C14H30N2O2. The van der Waals surface area contributed by atoms with Gasteiger partial charge in [0.2, 0.25) is 0 Å². The quantitative estimate of drug-likeness (QED) is 0.362. The molecule has 4 heteroatoms. The van der Waals surface area contributed by atoms with E-state index in [0.29, 0.717) is 25.0 Å². The Bertz CT molecular complexity index is 228. The van der Waals surface area contributed by atoms with Crippen molar-refractivity contribution in [3.05, 3.63) is 0 Å². The summed E-state index contributed by atoms with van der Waals surface area (Å²) in [5.41, 5.74) is 0. The molecular weight excluding hydrogens is 228 g/mol. The molecule has 0 saturated heterocycles. The van der Waals surface area contributed by atoms with Gasteiger partial charge in [0.1, 0.15) is 12.4 Å². The summed E-state index contributed by atoms with van der Waals surface area (Å²) < 4.78 is 5.09. The van der Waals surface area contributed by atoms with Crippen LogP contribution < -0.4 is 0 Å². The monoisotopic (exact) mass is 258 g/mol. The van der Waals surface area contributed by atoms with Gasteiger partial charge in [-0.05, 0) is 18.3 Å². The molecule has 0 fully saturated rings. The summed E-state index contributed by atoms with van der Waals surface area (Å²) in [6, 6.07) is 0. The molecule has 0 heterocycles. The van der Waals surface area contributed by atoms with Crippen LogP contribution in [-0.2, 0) is 9.57 Å². The molecule has 108 valence electrons. The van der Waals surface area contributed by atoms with Crippen molar-refractivity contribution >= 4 is 5.84 Å². The lowest BCUT2D eigenvalue weighted by atomic mass is 10.1. The Hall–Kier alpha value is -0.770. The molecule has 4 nitrogen and oxygen atoms in total. The van der Waals surface area contributed by atoms with Gasteiger partial charge in [-0.3, -0.25) is 0 Å². The van der Waals surface area contributed by atoms with Crippen molar-refractivity contribution in [3.63, 3.8) is 0 Å². The molecule has 0 unspecified atom stereocenters. The smallest absolute Gasteiger partial charge is 0.144 e. The Labute approximate surface area is 112 Å². The largest absolute Gasteiger partial charge is 0.394 e. The molecule has 0 aliphatic carbocycles. The predicted octanol–water partition coefficient (Wildman–Crippen LogP) is 2.99. The minimum atomic E-state index is 0.504. The van der Waals surface area contributed by atoms with Gasteiger partial charge in [0.15, 0.2) is 0 Å². The zero-order valence-corrected chi connectivity index (χ0v) is 12.9. The summed E-state index contributed by atoms with van der Waals surface area (Å²) in [6.07, 6.45) is 2.08. The van der Waals surface area contributed by atoms with Crippen molar-refractivity contribution in [2.75, 3.05) is 33.9 Å². The number of methoxy groups -OCH3 is 1. The summed E-state index contributed by atoms with van der Waals surface area (Å²) >= 11 is 0. The summed E-state index contributed by atoms with van der Waals surface area (Å²) in [5.74, 6) is 2.20. The van der Waals surface area contributed by atoms with Crippen LogP contribution in [0.15, 0.2) is 5.16 Å². The van der Waals surface area contributed by atoms with Crippen LogP contribution in [0.1, 0.15) is 40.5 Å². The highest BCUT2D eigenvalue weighted by Gasteiger charge is 2.09. The lowest BCUT2D eigenvalue weighted by Gasteiger charge is -2.21. The van der Waals surface area contributed by atoms with Crippen molar-refractivity contribution in [2.24, 2.45) is 17.0 Å². The zero-order valence-electron chi connectivity index (χ0n) is 12.9. The van der Waals surface area contributed by atoms with Crippen LogP contribution in [0, 0.1) is 11.8 Å². The minimum absolute atomic E-state index is 0.504. The first kappa shape index (κ1) is 17.2. The number of likely N-dealkylation sites (N-methyl/N-ethyl adjacent to an activating group) is 1. The van der Waals surface area contributed by atoms with E-state index >= 15 is 0 Å². The first-order chi connectivity index (χ1) is 8.47. The Morgan fingerprint density at radius 2 is 1.83 bits per heavy atom. The number of ether oxygens (including phenoxy) is 1. The van der Waals surface area contributed by atoms with Crippen LogP contribution in [0.2, 0.25) is 0 Å². The van der Waals surface area contributed by atoms with E-state index in [9.17, 15) is 0 Å². The molecule has 0 bridgehead atoms. The molecule has 0 radical (unpaired) electrons. The van der Waals surface area contributed by atoms with Crippen LogP contribution in [-0.4, -0.2) is 44.7 Å². The van der Waals surface area contributed by atoms with Gasteiger partial charge in [-0.15, -0.1) is 0 Å². The Balaban J connectivity index is 4.30.